The Bertz CT molecular complexity index is 1710. The third-order valence-corrected chi connectivity index (χ3v) is 7.36. The van der Waals surface area contributed by atoms with Crippen molar-refractivity contribution in [1.29, 1.82) is 0 Å². The van der Waals surface area contributed by atoms with Crippen LogP contribution in [0, 0.1) is 0 Å². The standard InChI is InChI=1S/C28H26BN6P/c1-17(2)31-15-20-8-6-10-24-26(20)33-28(32-24)27-22-13-18(11-12-25(22)35(34-27)36(3)29)23-16-30-14-19-7-4-5-9-21(19)23/h4-14,16-17,31H,15H2,1-3H3,(H,32,33). The smallest absolute Gasteiger partial charge is 0.159 e. The van der Waals surface area contributed by atoms with Crippen LogP contribution in [0.3, 0.4) is 0 Å². The van der Waals surface area contributed by atoms with Crippen LogP contribution in [0.1, 0.15) is 19.4 Å². The Kier molecular flexibility index (Phi) is 5.83. The molecule has 0 saturated carbocycles. The van der Waals surface area contributed by atoms with Gasteiger partial charge in [-0.25, -0.2) is 4.98 Å². The number of hydrogen-bond donors (Lipinski definition) is 2. The Balaban J connectivity index is 1.54. The molecule has 3 heterocycles. The largest absolute Gasteiger partial charge is 0.337 e. The summed E-state index contributed by atoms with van der Waals surface area (Å²) in [5, 5.41) is 11.7. The summed E-state index contributed by atoms with van der Waals surface area (Å²) in [5.74, 6) is 0.746. The molecule has 0 aliphatic rings. The predicted octanol–water partition coefficient (Wildman–Crippen LogP) is 6.25. The first-order valence-corrected chi connectivity index (χ1v) is 13.9. The van der Waals surface area contributed by atoms with Gasteiger partial charge in [0.1, 0.15) is 13.3 Å². The van der Waals surface area contributed by atoms with Crippen LogP contribution in [-0.2, 0) is 6.54 Å². The third kappa shape index (κ3) is 3.99. The van der Waals surface area contributed by atoms with Gasteiger partial charge in [-0.2, -0.15) is 5.10 Å². The molecule has 176 valence electrons. The van der Waals surface area contributed by atoms with Crippen molar-refractivity contribution in [2.45, 2.75) is 26.4 Å². The van der Waals surface area contributed by atoms with Gasteiger partial charge in [0, 0.05) is 41.3 Å². The number of nitrogens with one attached hydrogen (secondary N) is 2. The lowest BCUT2D eigenvalue weighted by atomic mass is 9.99. The second kappa shape index (κ2) is 9.16. The van der Waals surface area contributed by atoms with Crippen LogP contribution in [0.15, 0.2) is 73.1 Å². The van der Waals surface area contributed by atoms with Crippen LogP contribution < -0.4 is 5.32 Å². The van der Waals surface area contributed by atoms with Gasteiger partial charge in [-0.1, -0.05) is 56.3 Å². The highest BCUT2D eigenvalue weighted by molar-refractivity contribution is 7.80. The normalized spacial score (nSPS) is 12.8. The number of para-hydroxylation sites is 1. The van der Waals surface area contributed by atoms with Gasteiger partial charge in [0.2, 0.25) is 0 Å². The number of rotatable bonds is 6. The maximum Gasteiger partial charge on any atom is 0.159 e. The van der Waals surface area contributed by atoms with Crippen LogP contribution in [0.5, 0.6) is 0 Å². The van der Waals surface area contributed by atoms with E-state index < -0.39 is 7.95 Å². The average molecular weight is 488 g/mol. The lowest BCUT2D eigenvalue weighted by Crippen LogP contribution is -2.21. The fraction of sp³-hybridized carbons (Fsp3) is 0.179. The molecule has 1 unspecified atom stereocenters. The van der Waals surface area contributed by atoms with Crippen molar-refractivity contribution in [3.63, 3.8) is 0 Å². The van der Waals surface area contributed by atoms with Crippen molar-refractivity contribution < 1.29 is 0 Å². The summed E-state index contributed by atoms with van der Waals surface area (Å²) in [6, 6.07) is 21.4. The van der Waals surface area contributed by atoms with Gasteiger partial charge in [-0.3, -0.25) is 9.44 Å². The van der Waals surface area contributed by atoms with Gasteiger partial charge < -0.3 is 10.3 Å². The number of nitrogens with zero attached hydrogens (tertiary/aromatic N) is 4. The molecule has 0 aliphatic heterocycles. The van der Waals surface area contributed by atoms with Crippen LogP contribution in [0.4, 0.5) is 0 Å². The van der Waals surface area contributed by atoms with Crippen LogP contribution >= 0.6 is 7.95 Å². The molecule has 3 aromatic carbocycles. The van der Waals surface area contributed by atoms with E-state index in [1.165, 1.54) is 5.39 Å². The van der Waals surface area contributed by atoms with Gasteiger partial charge >= 0.3 is 0 Å². The second-order valence-electron chi connectivity index (χ2n) is 9.39. The molecular formula is C28H26BN6P. The molecule has 1 atom stereocenters. The van der Waals surface area contributed by atoms with E-state index in [2.05, 4.69) is 83.7 Å². The van der Waals surface area contributed by atoms with E-state index in [0.717, 1.165) is 62.1 Å². The highest BCUT2D eigenvalue weighted by Crippen LogP contribution is 2.39. The molecule has 0 spiro atoms. The number of fused-ring (bicyclic) bond motifs is 3. The summed E-state index contributed by atoms with van der Waals surface area (Å²) in [4.78, 5) is 13.0. The number of H-pyrrole nitrogens is 1. The maximum atomic E-state index is 6.38. The van der Waals surface area contributed by atoms with E-state index in [4.69, 9.17) is 17.6 Å². The van der Waals surface area contributed by atoms with Crippen molar-refractivity contribution in [3.8, 4) is 22.6 Å². The van der Waals surface area contributed by atoms with Crippen molar-refractivity contribution in [2.75, 3.05) is 6.66 Å². The first-order chi connectivity index (χ1) is 17.5. The second-order valence-corrected chi connectivity index (χ2v) is 10.9. The summed E-state index contributed by atoms with van der Waals surface area (Å²) in [7, 11) is 5.42. The van der Waals surface area contributed by atoms with E-state index >= 15 is 0 Å². The van der Waals surface area contributed by atoms with E-state index in [1.807, 2.05) is 29.6 Å². The van der Waals surface area contributed by atoms with Crippen molar-refractivity contribution in [1.82, 2.24) is 29.8 Å². The van der Waals surface area contributed by atoms with Gasteiger partial charge in [0.25, 0.3) is 0 Å². The molecule has 3 aromatic heterocycles. The molecule has 2 N–H and O–H groups in total. The summed E-state index contributed by atoms with van der Waals surface area (Å²) in [6.07, 6.45) is 3.83. The molecule has 0 bridgehead atoms. The zero-order chi connectivity index (χ0) is 24.8. The predicted molar refractivity (Wildman–Crippen MR) is 152 cm³/mol. The van der Waals surface area contributed by atoms with Gasteiger partial charge in [0.05, 0.1) is 16.6 Å². The van der Waals surface area contributed by atoms with Crippen molar-refractivity contribution >= 4 is 48.2 Å². The van der Waals surface area contributed by atoms with Gasteiger partial charge in [-0.05, 0) is 49.3 Å². The number of aromatic nitrogens is 5. The zero-order valence-corrected chi connectivity index (χ0v) is 21.4. The summed E-state index contributed by atoms with van der Waals surface area (Å²) in [6.45, 7) is 7.06. The Morgan fingerprint density at radius 3 is 2.72 bits per heavy atom. The van der Waals surface area contributed by atoms with Crippen molar-refractivity contribution in [3.05, 3.63) is 78.6 Å². The first kappa shape index (κ1) is 22.9. The SMILES string of the molecule is [B]P(C)n1nc(-c2nc3c(CNC(C)C)cccc3[nH]2)c2cc(-c3cncc4ccccc34)ccc21. The van der Waals surface area contributed by atoms with Crippen LogP contribution in [0.25, 0.3) is 55.4 Å². The van der Waals surface area contributed by atoms with Crippen molar-refractivity contribution in [2.24, 2.45) is 0 Å². The highest BCUT2D eigenvalue weighted by Gasteiger charge is 2.19. The molecule has 6 aromatic rings. The number of benzene rings is 3. The van der Waals surface area contributed by atoms with E-state index in [9.17, 15) is 0 Å². The Morgan fingerprint density at radius 1 is 1.03 bits per heavy atom. The van der Waals surface area contributed by atoms with Crippen LogP contribution in [-0.4, -0.2) is 44.8 Å². The molecule has 36 heavy (non-hydrogen) atoms. The number of pyridine rings is 1. The van der Waals surface area contributed by atoms with E-state index in [1.54, 1.807) is 0 Å². The molecule has 6 nitrogen and oxygen atoms in total. The summed E-state index contributed by atoms with van der Waals surface area (Å²) in [5.41, 5.74) is 7.10. The molecule has 8 heteroatoms. The molecule has 0 fully saturated rings. The Labute approximate surface area is 212 Å². The van der Waals surface area contributed by atoms with Crippen LogP contribution in [0.2, 0.25) is 0 Å². The quantitative estimate of drug-likeness (QED) is 0.215. The monoisotopic (exact) mass is 488 g/mol. The van der Waals surface area contributed by atoms with Gasteiger partial charge in [0.15, 0.2) is 5.82 Å². The third-order valence-electron chi connectivity index (χ3n) is 6.46. The van der Waals surface area contributed by atoms with E-state index in [0.29, 0.717) is 6.04 Å². The fourth-order valence-electron chi connectivity index (χ4n) is 4.69. The lowest BCUT2D eigenvalue weighted by Gasteiger charge is -2.09. The summed E-state index contributed by atoms with van der Waals surface area (Å²) < 4.78 is 1.93. The highest BCUT2D eigenvalue weighted by atomic mass is 31.1. The minimum atomic E-state index is -0.959. The number of hydrogen-bond acceptors (Lipinski definition) is 4. The molecule has 2 radical (unpaired) electrons. The fourth-order valence-corrected chi connectivity index (χ4v) is 5.44. The minimum Gasteiger partial charge on any atom is -0.337 e. The summed E-state index contributed by atoms with van der Waals surface area (Å²) >= 11 is 0. The zero-order valence-electron chi connectivity index (χ0n) is 20.5. The average Bonchev–Trinajstić information content (AvgIpc) is 3.48. The first-order valence-electron chi connectivity index (χ1n) is 12.1. The lowest BCUT2D eigenvalue weighted by molar-refractivity contribution is 0.590. The maximum absolute atomic E-state index is 6.38. The molecule has 6 rings (SSSR count). The van der Waals surface area contributed by atoms with Gasteiger partial charge in [-0.15, -0.1) is 0 Å². The molecule has 0 amide bonds. The minimum absolute atomic E-state index is 0.397. The number of aromatic amines is 1. The molecular weight excluding hydrogens is 462 g/mol. The molecule has 0 saturated heterocycles. The molecule has 0 aliphatic carbocycles. The Hall–Kier alpha value is -3.54. The Morgan fingerprint density at radius 2 is 1.89 bits per heavy atom. The van der Waals surface area contributed by atoms with E-state index in [-0.39, 0.29) is 0 Å². The topological polar surface area (TPSA) is 71.4 Å². The number of imidazole rings is 1.